The van der Waals surface area contributed by atoms with Crippen LogP contribution in [0.3, 0.4) is 0 Å². The van der Waals surface area contributed by atoms with Gasteiger partial charge in [0.05, 0.1) is 0 Å². The normalized spacial score (nSPS) is 39.1. The second kappa shape index (κ2) is 7.39. The Morgan fingerprint density at radius 2 is 1.68 bits per heavy atom. The average Bonchev–Trinajstić information content (AvgIpc) is 2.62. The molecule has 3 unspecified atom stereocenters. The van der Waals surface area contributed by atoms with E-state index in [1.54, 1.807) is 0 Å². The zero-order chi connectivity index (χ0) is 15.4. The van der Waals surface area contributed by atoms with Crippen molar-refractivity contribution < 1.29 is 9.59 Å². The monoisotopic (exact) mass is 300 g/mol. The van der Waals surface area contributed by atoms with Crippen molar-refractivity contribution in [3.63, 3.8) is 0 Å². The highest BCUT2D eigenvalue weighted by molar-refractivity contribution is 5.58. The highest BCUT2D eigenvalue weighted by Crippen LogP contribution is 2.46. The van der Waals surface area contributed by atoms with Crippen LogP contribution in [-0.4, -0.2) is 12.6 Å². The summed E-state index contributed by atoms with van der Waals surface area (Å²) < 4.78 is 0. The summed E-state index contributed by atoms with van der Waals surface area (Å²) in [5, 5.41) is 0. The van der Waals surface area contributed by atoms with Gasteiger partial charge in [-0.25, -0.2) is 0 Å². The first kappa shape index (κ1) is 15.7. The van der Waals surface area contributed by atoms with Gasteiger partial charge in [0.1, 0.15) is 12.6 Å². The van der Waals surface area contributed by atoms with Crippen LogP contribution in [0.25, 0.3) is 0 Å². The van der Waals surface area contributed by atoms with E-state index in [9.17, 15) is 9.59 Å². The molecule has 0 aliphatic heterocycles. The highest BCUT2D eigenvalue weighted by atomic mass is 16.1. The molecule has 0 amide bonds. The molecule has 0 aromatic carbocycles. The van der Waals surface area contributed by atoms with Crippen molar-refractivity contribution in [1.29, 1.82) is 0 Å². The third-order valence-corrected chi connectivity index (χ3v) is 6.20. The molecule has 0 radical (unpaired) electrons. The van der Waals surface area contributed by atoms with Crippen LogP contribution < -0.4 is 0 Å². The van der Waals surface area contributed by atoms with Gasteiger partial charge in [-0.1, -0.05) is 31.1 Å². The van der Waals surface area contributed by atoms with Crippen molar-refractivity contribution in [3.05, 3.63) is 23.8 Å². The van der Waals surface area contributed by atoms with E-state index in [2.05, 4.69) is 18.2 Å². The maximum atomic E-state index is 11.0. The summed E-state index contributed by atoms with van der Waals surface area (Å²) >= 11 is 0. The summed E-state index contributed by atoms with van der Waals surface area (Å²) in [5.41, 5.74) is 1.49. The molecule has 22 heavy (non-hydrogen) atoms. The van der Waals surface area contributed by atoms with E-state index in [1.807, 2.05) is 0 Å². The molecular formula is C20H28O2. The van der Waals surface area contributed by atoms with Crippen molar-refractivity contribution in [2.75, 3.05) is 0 Å². The van der Waals surface area contributed by atoms with E-state index in [-0.39, 0.29) is 5.92 Å². The standard InChI is InChI=1S/C20H28O2/c21-13-15-5-9-17(10-6-15)19-3-1-2-4-20(19)18-11-7-16(14-22)8-12-18/h5,9-10,13-16,18-20H,1-4,6-8,11-12H2. The van der Waals surface area contributed by atoms with Gasteiger partial charge in [0.25, 0.3) is 0 Å². The lowest BCUT2D eigenvalue weighted by Crippen LogP contribution is -2.31. The summed E-state index contributed by atoms with van der Waals surface area (Å²) in [5.74, 6) is 2.70. The van der Waals surface area contributed by atoms with E-state index in [0.29, 0.717) is 11.8 Å². The summed E-state index contributed by atoms with van der Waals surface area (Å²) in [6.07, 6.45) is 19.8. The molecule has 2 saturated carbocycles. The third kappa shape index (κ3) is 3.42. The fourth-order valence-electron chi connectivity index (χ4n) is 4.88. The van der Waals surface area contributed by atoms with Crippen molar-refractivity contribution >= 4 is 12.6 Å². The molecule has 2 nitrogen and oxygen atoms in total. The molecule has 2 heteroatoms. The molecule has 3 atom stereocenters. The first-order valence-corrected chi connectivity index (χ1v) is 9.10. The molecule has 120 valence electrons. The first-order valence-electron chi connectivity index (χ1n) is 9.10. The van der Waals surface area contributed by atoms with Crippen LogP contribution in [0.5, 0.6) is 0 Å². The number of allylic oxidation sites excluding steroid dienone is 4. The Morgan fingerprint density at radius 1 is 0.909 bits per heavy atom. The van der Waals surface area contributed by atoms with Gasteiger partial charge in [0.15, 0.2) is 0 Å². The minimum absolute atomic E-state index is 0.0915. The highest BCUT2D eigenvalue weighted by Gasteiger charge is 2.35. The van der Waals surface area contributed by atoms with Crippen LogP contribution in [0.15, 0.2) is 23.8 Å². The summed E-state index contributed by atoms with van der Waals surface area (Å²) in [4.78, 5) is 21.9. The minimum atomic E-state index is 0.0915. The Hall–Kier alpha value is -1.18. The molecule has 0 aromatic heterocycles. The van der Waals surface area contributed by atoms with Gasteiger partial charge in [0.2, 0.25) is 0 Å². The van der Waals surface area contributed by atoms with Gasteiger partial charge >= 0.3 is 0 Å². The maximum absolute atomic E-state index is 11.0. The number of aldehydes is 2. The molecule has 0 bridgehead atoms. The molecular weight excluding hydrogens is 272 g/mol. The smallest absolute Gasteiger partial charge is 0.127 e. The van der Waals surface area contributed by atoms with Gasteiger partial charge in [-0.05, 0) is 68.3 Å². The SMILES string of the molecule is O=CC1C=CC(C2CCCCC2C2CCC(C=O)CC2)=CC1. The molecule has 0 spiro atoms. The Balaban J connectivity index is 1.67. The fraction of sp³-hybridized carbons (Fsp3) is 0.700. The zero-order valence-corrected chi connectivity index (χ0v) is 13.5. The fourth-order valence-corrected chi connectivity index (χ4v) is 4.88. The Kier molecular flexibility index (Phi) is 5.28. The average molecular weight is 300 g/mol. The third-order valence-electron chi connectivity index (χ3n) is 6.20. The molecule has 3 aliphatic rings. The number of hydrogen-bond donors (Lipinski definition) is 0. The van der Waals surface area contributed by atoms with Crippen LogP contribution in [0, 0.1) is 29.6 Å². The van der Waals surface area contributed by atoms with Gasteiger partial charge < -0.3 is 9.59 Å². The van der Waals surface area contributed by atoms with Crippen LogP contribution in [-0.2, 0) is 9.59 Å². The molecule has 3 aliphatic carbocycles. The van der Waals surface area contributed by atoms with E-state index < -0.39 is 0 Å². The topological polar surface area (TPSA) is 34.1 Å². The lowest BCUT2D eigenvalue weighted by Gasteiger charge is -2.41. The summed E-state index contributed by atoms with van der Waals surface area (Å²) in [7, 11) is 0. The lowest BCUT2D eigenvalue weighted by molar-refractivity contribution is -0.112. The molecule has 2 fully saturated rings. The summed E-state index contributed by atoms with van der Waals surface area (Å²) in [6.45, 7) is 0. The van der Waals surface area contributed by atoms with Crippen molar-refractivity contribution in [3.8, 4) is 0 Å². The number of hydrogen-bond acceptors (Lipinski definition) is 2. The van der Waals surface area contributed by atoms with Gasteiger partial charge in [-0.2, -0.15) is 0 Å². The number of carbonyl (C=O) groups is 2. The van der Waals surface area contributed by atoms with Crippen LogP contribution in [0.2, 0.25) is 0 Å². The molecule has 0 aromatic rings. The van der Waals surface area contributed by atoms with Crippen molar-refractivity contribution in [2.45, 2.75) is 57.8 Å². The van der Waals surface area contributed by atoms with Crippen LogP contribution in [0.1, 0.15) is 57.8 Å². The van der Waals surface area contributed by atoms with Gasteiger partial charge in [0, 0.05) is 11.8 Å². The van der Waals surface area contributed by atoms with E-state index in [4.69, 9.17) is 0 Å². The second-order valence-electron chi connectivity index (χ2n) is 7.46. The van der Waals surface area contributed by atoms with Gasteiger partial charge in [-0.15, -0.1) is 0 Å². The first-order chi connectivity index (χ1) is 10.8. The van der Waals surface area contributed by atoms with Crippen molar-refractivity contribution in [1.82, 2.24) is 0 Å². The quantitative estimate of drug-likeness (QED) is 0.716. The Morgan fingerprint density at radius 3 is 2.32 bits per heavy atom. The minimum Gasteiger partial charge on any atom is -0.303 e. The molecule has 0 saturated heterocycles. The largest absolute Gasteiger partial charge is 0.303 e. The van der Waals surface area contributed by atoms with E-state index >= 15 is 0 Å². The van der Waals surface area contributed by atoms with Crippen molar-refractivity contribution in [2.24, 2.45) is 29.6 Å². The Labute approximate surface area is 134 Å². The zero-order valence-electron chi connectivity index (χ0n) is 13.5. The lowest BCUT2D eigenvalue weighted by atomic mass is 9.64. The molecule has 0 N–H and O–H groups in total. The summed E-state index contributed by atoms with van der Waals surface area (Å²) in [6, 6.07) is 0. The number of carbonyl (C=O) groups excluding carboxylic acids is 2. The van der Waals surface area contributed by atoms with Crippen LogP contribution >= 0.6 is 0 Å². The van der Waals surface area contributed by atoms with E-state index in [0.717, 1.165) is 37.4 Å². The molecule has 3 rings (SSSR count). The maximum Gasteiger partial charge on any atom is 0.127 e. The van der Waals surface area contributed by atoms with Crippen LogP contribution in [0.4, 0.5) is 0 Å². The predicted molar refractivity (Wildman–Crippen MR) is 88.4 cm³/mol. The van der Waals surface area contributed by atoms with Gasteiger partial charge in [-0.3, -0.25) is 0 Å². The Bertz CT molecular complexity index is 454. The second-order valence-corrected chi connectivity index (χ2v) is 7.46. The predicted octanol–water partition coefficient (Wildman–Crippen LogP) is 4.50. The molecule has 0 heterocycles. The van der Waals surface area contributed by atoms with E-state index in [1.165, 1.54) is 50.4 Å². The number of rotatable bonds is 4.